The van der Waals surface area contributed by atoms with Crippen LogP contribution < -0.4 is 10.6 Å². The standard InChI is InChI=1S/C18H15BrN4O/c1-12-10-16(17(24)21-15-9-5-6-13(19)11-15)23-18(20-12)22-14-7-3-2-4-8-14/h2-11H,1H3,(H,21,24)(H,20,22,23). The number of hydrogen-bond donors (Lipinski definition) is 2. The molecule has 0 spiro atoms. The van der Waals surface area contributed by atoms with Gasteiger partial charge < -0.3 is 10.6 Å². The minimum absolute atomic E-state index is 0.283. The molecule has 0 radical (unpaired) electrons. The van der Waals surface area contributed by atoms with Crippen LogP contribution in [0.5, 0.6) is 0 Å². The number of aryl methyl sites for hydroxylation is 1. The number of aromatic nitrogens is 2. The highest BCUT2D eigenvalue weighted by atomic mass is 79.9. The molecule has 0 unspecified atom stereocenters. The third-order valence-corrected chi connectivity index (χ3v) is 3.69. The molecule has 0 aliphatic carbocycles. The van der Waals surface area contributed by atoms with Gasteiger partial charge in [-0.3, -0.25) is 4.79 Å². The molecule has 3 aromatic rings. The summed E-state index contributed by atoms with van der Waals surface area (Å²) in [5.74, 6) is 0.107. The van der Waals surface area contributed by atoms with Gasteiger partial charge in [-0.05, 0) is 43.3 Å². The first-order valence-electron chi connectivity index (χ1n) is 7.35. The van der Waals surface area contributed by atoms with Crippen LogP contribution in [0.25, 0.3) is 0 Å². The second-order valence-corrected chi connectivity index (χ2v) is 6.09. The fourth-order valence-electron chi connectivity index (χ4n) is 2.15. The predicted molar refractivity (Wildman–Crippen MR) is 98.6 cm³/mol. The van der Waals surface area contributed by atoms with Crippen LogP contribution in [0.3, 0.4) is 0 Å². The molecule has 0 aliphatic heterocycles. The average Bonchev–Trinajstić information content (AvgIpc) is 2.55. The molecule has 24 heavy (non-hydrogen) atoms. The van der Waals surface area contributed by atoms with Crippen LogP contribution in [0, 0.1) is 6.92 Å². The number of para-hydroxylation sites is 1. The van der Waals surface area contributed by atoms with Crippen molar-refractivity contribution in [3.05, 3.63) is 76.5 Å². The predicted octanol–water partition coefficient (Wildman–Crippen LogP) is 4.54. The maximum atomic E-state index is 12.4. The first-order chi connectivity index (χ1) is 11.6. The van der Waals surface area contributed by atoms with Crippen molar-refractivity contribution in [2.75, 3.05) is 10.6 Å². The SMILES string of the molecule is Cc1cc(C(=O)Nc2cccc(Br)c2)nc(Nc2ccccc2)n1. The molecule has 120 valence electrons. The summed E-state index contributed by atoms with van der Waals surface area (Å²) in [6.07, 6.45) is 0. The van der Waals surface area contributed by atoms with Crippen LogP contribution in [-0.2, 0) is 0 Å². The Morgan fingerprint density at radius 3 is 2.46 bits per heavy atom. The van der Waals surface area contributed by atoms with Crippen molar-refractivity contribution in [1.29, 1.82) is 0 Å². The van der Waals surface area contributed by atoms with Crippen molar-refractivity contribution in [1.82, 2.24) is 9.97 Å². The van der Waals surface area contributed by atoms with E-state index in [9.17, 15) is 4.79 Å². The van der Waals surface area contributed by atoms with E-state index in [4.69, 9.17) is 0 Å². The van der Waals surface area contributed by atoms with Gasteiger partial charge in [-0.15, -0.1) is 0 Å². The van der Waals surface area contributed by atoms with E-state index in [1.54, 1.807) is 6.07 Å². The second-order valence-electron chi connectivity index (χ2n) is 5.17. The molecule has 0 bridgehead atoms. The zero-order valence-corrected chi connectivity index (χ0v) is 14.5. The average molecular weight is 383 g/mol. The number of carbonyl (C=O) groups is 1. The van der Waals surface area contributed by atoms with E-state index in [2.05, 4.69) is 36.5 Å². The van der Waals surface area contributed by atoms with Crippen LogP contribution >= 0.6 is 15.9 Å². The number of benzene rings is 2. The second kappa shape index (κ2) is 7.23. The van der Waals surface area contributed by atoms with E-state index >= 15 is 0 Å². The lowest BCUT2D eigenvalue weighted by molar-refractivity contribution is 0.102. The van der Waals surface area contributed by atoms with Gasteiger partial charge in [0.2, 0.25) is 5.95 Å². The summed E-state index contributed by atoms with van der Waals surface area (Å²) in [5, 5.41) is 5.93. The molecule has 3 rings (SSSR count). The van der Waals surface area contributed by atoms with Crippen molar-refractivity contribution in [2.24, 2.45) is 0 Å². The summed E-state index contributed by atoms with van der Waals surface area (Å²) in [6, 6.07) is 18.6. The molecule has 1 heterocycles. The highest BCUT2D eigenvalue weighted by Crippen LogP contribution is 2.17. The van der Waals surface area contributed by atoms with Gasteiger partial charge >= 0.3 is 0 Å². The zero-order valence-electron chi connectivity index (χ0n) is 13.0. The zero-order chi connectivity index (χ0) is 16.9. The third kappa shape index (κ3) is 4.17. The number of nitrogens with zero attached hydrogens (tertiary/aromatic N) is 2. The van der Waals surface area contributed by atoms with Crippen LogP contribution in [0.2, 0.25) is 0 Å². The van der Waals surface area contributed by atoms with Crippen LogP contribution in [-0.4, -0.2) is 15.9 Å². The summed E-state index contributed by atoms with van der Waals surface area (Å²) in [5.41, 5.74) is 2.58. The number of anilines is 3. The fraction of sp³-hybridized carbons (Fsp3) is 0.0556. The van der Waals surface area contributed by atoms with Crippen LogP contribution in [0.4, 0.5) is 17.3 Å². The smallest absolute Gasteiger partial charge is 0.274 e. The number of carbonyl (C=O) groups excluding carboxylic acids is 1. The first-order valence-corrected chi connectivity index (χ1v) is 8.14. The number of hydrogen-bond acceptors (Lipinski definition) is 4. The quantitative estimate of drug-likeness (QED) is 0.694. The van der Waals surface area contributed by atoms with E-state index in [1.807, 2.05) is 61.5 Å². The molecular formula is C18H15BrN4O. The van der Waals surface area contributed by atoms with E-state index in [0.717, 1.165) is 10.2 Å². The Kier molecular flexibility index (Phi) is 4.86. The molecule has 2 aromatic carbocycles. The normalized spacial score (nSPS) is 10.2. The maximum Gasteiger partial charge on any atom is 0.274 e. The summed E-state index contributed by atoms with van der Waals surface area (Å²) in [7, 11) is 0. The molecule has 0 atom stereocenters. The Labute approximate surface area is 148 Å². The highest BCUT2D eigenvalue weighted by Gasteiger charge is 2.11. The molecule has 6 heteroatoms. The lowest BCUT2D eigenvalue weighted by Crippen LogP contribution is -2.15. The molecule has 5 nitrogen and oxygen atoms in total. The summed E-state index contributed by atoms with van der Waals surface area (Å²) in [4.78, 5) is 21.1. The lowest BCUT2D eigenvalue weighted by Gasteiger charge is -2.09. The highest BCUT2D eigenvalue weighted by molar-refractivity contribution is 9.10. The minimum Gasteiger partial charge on any atom is -0.324 e. The van der Waals surface area contributed by atoms with Gasteiger partial charge in [0.15, 0.2) is 0 Å². The number of amides is 1. The Morgan fingerprint density at radius 2 is 1.71 bits per heavy atom. The van der Waals surface area contributed by atoms with Crippen molar-refractivity contribution in [3.8, 4) is 0 Å². The molecule has 0 saturated heterocycles. The van der Waals surface area contributed by atoms with Gasteiger partial charge in [0, 0.05) is 21.5 Å². The molecule has 0 aliphatic rings. The monoisotopic (exact) mass is 382 g/mol. The van der Waals surface area contributed by atoms with Crippen LogP contribution in [0.1, 0.15) is 16.2 Å². The number of nitrogens with one attached hydrogen (secondary N) is 2. The van der Waals surface area contributed by atoms with Crippen molar-refractivity contribution < 1.29 is 4.79 Å². The van der Waals surface area contributed by atoms with Gasteiger partial charge in [0.05, 0.1) is 0 Å². The molecule has 0 fully saturated rings. The lowest BCUT2D eigenvalue weighted by atomic mass is 10.3. The van der Waals surface area contributed by atoms with Gasteiger partial charge in [-0.1, -0.05) is 40.2 Å². The van der Waals surface area contributed by atoms with E-state index in [0.29, 0.717) is 23.0 Å². The summed E-state index contributed by atoms with van der Waals surface area (Å²) >= 11 is 3.38. The molecule has 1 aromatic heterocycles. The van der Waals surface area contributed by atoms with E-state index < -0.39 is 0 Å². The minimum atomic E-state index is -0.283. The van der Waals surface area contributed by atoms with Gasteiger partial charge in [-0.2, -0.15) is 0 Å². The van der Waals surface area contributed by atoms with Gasteiger partial charge in [-0.25, -0.2) is 9.97 Å². The molecule has 1 amide bonds. The number of halogens is 1. The van der Waals surface area contributed by atoms with Gasteiger partial charge in [0.1, 0.15) is 5.69 Å². The van der Waals surface area contributed by atoms with Crippen molar-refractivity contribution >= 4 is 39.2 Å². The van der Waals surface area contributed by atoms with Crippen LogP contribution in [0.15, 0.2) is 65.1 Å². The first kappa shape index (κ1) is 16.1. The van der Waals surface area contributed by atoms with Gasteiger partial charge in [0.25, 0.3) is 5.91 Å². The summed E-state index contributed by atoms with van der Waals surface area (Å²) < 4.78 is 0.894. The molecular weight excluding hydrogens is 368 g/mol. The Morgan fingerprint density at radius 1 is 0.958 bits per heavy atom. The fourth-order valence-corrected chi connectivity index (χ4v) is 2.55. The summed E-state index contributed by atoms with van der Waals surface area (Å²) in [6.45, 7) is 1.83. The largest absolute Gasteiger partial charge is 0.324 e. The molecule has 0 saturated carbocycles. The molecule has 2 N–H and O–H groups in total. The Hall–Kier alpha value is -2.73. The van der Waals surface area contributed by atoms with Crippen molar-refractivity contribution in [3.63, 3.8) is 0 Å². The third-order valence-electron chi connectivity index (χ3n) is 3.20. The topological polar surface area (TPSA) is 66.9 Å². The van der Waals surface area contributed by atoms with E-state index in [-0.39, 0.29) is 5.91 Å². The number of rotatable bonds is 4. The Bertz CT molecular complexity index is 868. The Balaban J connectivity index is 1.81. The van der Waals surface area contributed by atoms with Crippen molar-refractivity contribution in [2.45, 2.75) is 6.92 Å². The maximum absolute atomic E-state index is 12.4. The van der Waals surface area contributed by atoms with E-state index in [1.165, 1.54) is 0 Å².